The third-order valence-corrected chi connectivity index (χ3v) is 2.81. The molecule has 0 aliphatic rings. The number of carboxylic acid groups (broad SMARTS) is 1. The fraction of sp³-hybridized carbons (Fsp3) is 0.462. The summed E-state index contributed by atoms with van der Waals surface area (Å²) in [5.74, 6) is 0.448. The minimum Gasteiger partial charge on any atom is -0.550 e. The van der Waals surface area contributed by atoms with E-state index in [2.05, 4.69) is 5.73 Å². The Balaban J connectivity index is 2.75. The van der Waals surface area contributed by atoms with Crippen LogP contribution < -0.4 is 20.3 Å². The second-order valence-corrected chi connectivity index (χ2v) is 4.07. The number of carbonyl (C=O) groups excluding carboxylic acids is 1. The van der Waals surface area contributed by atoms with Crippen LogP contribution in [0.1, 0.15) is 30.9 Å². The Morgan fingerprint density at radius 3 is 2.67 bits per heavy atom. The molecule has 0 radical (unpaired) electrons. The van der Waals surface area contributed by atoms with Gasteiger partial charge in [-0.3, -0.25) is 0 Å². The first kappa shape index (κ1) is 14.3. The van der Waals surface area contributed by atoms with Crippen LogP contribution in [0.2, 0.25) is 0 Å². The number of benzene rings is 1. The van der Waals surface area contributed by atoms with Gasteiger partial charge in [0.15, 0.2) is 0 Å². The van der Waals surface area contributed by atoms with Crippen LogP contribution in [0.4, 0.5) is 0 Å². The molecule has 0 spiro atoms. The van der Waals surface area contributed by atoms with Crippen LogP contribution in [0.25, 0.3) is 0 Å². The van der Waals surface area contributed by atoms with Gasteiger partial charge >= 0.3 is 0 Å². The van der Waals surface area contributed by atoms with Crippen molar-refractivity contribution in [3.63, 3.8) is 0 Å². The number of quaternary nitrogens is 1. The quantitative estimate of drug-likeness (QED) is 0.735. The number of hydrogen-bond acceptors (Lipinski definition) is 4. The van der Waals surface area contributed by atoms with E-state index in [1.54, 1.807) is 14.2 Å². The first-order valence-corrected chi connectivity index (χ1v) is 5.83. The summed E-state index contributed by atoms with van der Waals surface area (Å²) in [5.41, 5.74) is 4.97. The van der Waals surface area contributed by atoms with E-state index in [1.165, 1.54) is 0 Å². The maximum absolute atomic E-state index is 10.4. The van der Waals surface area contributed by atoms with E-state index in [0.29, 0.717) is 12.8 Å². The zero-order chi connectivity index (χ0) is 13.5. The summed E-state index contributed by atoms with van der Waals surface area (Å²) in [7, 11) is 3.19. The van der Waals surface area contributed by atoms with Crippen molar-refractivity contribution in [1.29, 1.82) is 0 Å². The molecule has 5 nitrogen and oxygen atoms in total. The second-order valence-electron chi connectivity index (χ2n) is 4.07. The average Bonchev–Trinajstić information content (AvgIpc) is 2.37. The Labute approximate surface area is 107 Å². The molecule has 100 valence electrons. The lowest BCUT2D eigenvalue weighted by atomic mass is 10.0. The summed E-state index contributed by atoms with van der Waals surface area (Å²) in [6.45, 7) is 0. The van der Waals surface area contributed by atoms with E-state index < -0.39 is 5.97 Å². The molecule has 0 bridgehead atoms. The highest BCUT2D eigenvalue weighted by Crippen LogP contribution is 2.29. The molecule has 1 aromatic carbocycles. The third-order valence-electron chi connectivity index (χ3n) is 2.81. The molecule has 0 aliphatic carbocycles. The molecule has 0 aliphatic heterocycles. The largest absolute Gasteiger partial charge is 0.550 e. The fourth-order valence-electron chi connectivity index (χ4n) is 1.81. The number of carbonyl (C=O) groups is 1. The molecule has 1 rings (SSSR count). The maximum Gasteiger partial charge on any atom is 0.128 e. The highest BCUT2D eigenvalue weighted by molar-refractivity contribution is 5.64. The molecule has 0 saturated heterocycles. The Morgan fingerprint density at radius 1 is 1.39 bits per heavy atom. The van der Waals surface area contributed by atoms with Gasteiger partial charge in [0.1, 0.15) is 17.5 Å². The van der Waals surface area contributed by atoms with Gasteiger partial charge in [-0.1, -0.05) is 0 Å². The highest BCUT2D eigenvalue weighted by Gasteiger charge is 2.16. The van der Waals surface area contributed by atoms with Crippen molar-refractivity contribution in [2.45, 2.75) is 25.3 Å². The Bertz CT molecular complexity index is 406. The van der Waals surface area contributed by atoms with Crippen molar-refractivity contribution < 1.29 is 25.1 Å². The lowest BCUT2D eigenvalue weighted by molar-refractivity contribution is -0.428. The minimum absolute atomic E-state index is 0.0330. The van der Waals surface area contributed by atoms with Gasteiger partial charge in [-0.2, -0.15) is 0 Å². The summed E-state index contributed by atoms with van der Waals surface area (Å²) in [6.07, 6.45) is 1.26. The minimum atomic E-state index is -1.03. The molecular formula is C13H19NO4. The molecule has 1 atom stereocenters. The molecular weight excluding hydrogens is 234 g/mol. The Morgan fingerprint density at radius 2 is 2.11 bits per heavy atom. The van der Waals surface area contributed by atoms with E-state index in [0.717, 1.165) is 17.1 Å². The monoisotopic (exact) mass is 253 g/mol. The van der Waals surface area contributed by atoms with E-state index in [1.807, 2.05) is 18.2 Å². The van der Waals surface area contributed by atoms with Gasteiger partial charge in [0.05, 0.1) is 19.8 Å². The van der Waals surface area contributed by atoms with E-state index in [9.17, 15) is 9.90 Å². The summed E-state index contributed by atoms with van der Waals surface area (Å²) >= 11 is 0. The zero-order valence-electron chi connectivity index (χ0n) is 10.8. The molecule has 1 aromatic rings. The molecule has 5 heteroatoms. The van der Waals surface area contributed by atoms with Crippen LogP contribution >= 0.6 is 0 Å². The molecule has 3 N–H and O–H groups in total. The number of carboxylic acids is 1. The normalized spacial score (nSPS) is 11.9. The van der Waals surface area contributed by atoms with E-state index in [-0.39, 0.29) is 12.5 Å². The van der Waals surface area contributed by atoms with Crippen molar-refractivity contribution in [3.05, 3.63) is 23.8 Å². The van der Waals surface area contributed by atoms with Crippen LogP contribution in [-0.2, 0) is 4.79 Å². The zero-order valence-corrected chi connectivity index (χ0v) is 10.8. The van der Waals surface area contributed by atoms with Gasteiger partial charge in [-0.15, -0.1) is 0 Å². The summed E-state index contributed by atoms with van der Waals surface area (Å²) in [6, 6.07) is 5.48. The first-order valence-electron chi connectivity index (χ1n) is 5.83. The lowest BCUT2D eigenvalue weighted by Gasteiger charge is -2.14. The van der Waals surface area contributed by atoms with Gasteiger partial charge in [-0.05, 0) is 31.0 Å². The van der Waals surface area contributed by atoms with Crippen molar-refractivity contribution in [3.8, 4) is 11.5 Å². The van der Waals surface area contributed by atoms with Crippen LogP contribution in [0.5, 0.6) is 11.5 Å². The molecule has 0 amide bonds. The molecule has 0 fully saturated rings. The lowest BCUT2D eigenvalue weighted by Crippen LogP contribution is -2.53. The summed E-state index contributed by atoms with van der Waals surface area (Å²) in [5, 5.41) is 10.4. The molecule has 0 aromatic heterocycles. The molecule has 18 heavy (non-hydrogen) atoms. The Kier molecular flexibility index (Phi) is 5.45. The van der Waals surface area contributed by atoms with Gasteiger partial charge < -0.3 is 25.1 Å². The van der Waals surface area contributed by atoms with Crippen molar-refractivity contribution in [2.75, 3.05) is 14.2 Å². The third kappa shape index (κ3) is 3.92. The summed E-state index contributed by atoms with van der Waals surface area (Å²) < 4.78 is 10.4. The first-order chi connectivity index (χ1) is 8.58. The molecule has 0 saturated carbocycles. The van der Waals surface area contributed by atoms with Gasteiger partial charge in [0.25, 0.3) is 0 Å². The molecule has 0 unspecified atom stereocenters. The van der Waals surface area contributed by atoms with Crippen molar-refractivity contribution >= 4 is 5.97 Å². The molecule has 0 heterocycles. The fourth-order valence-corrected chi connectivity index (χ4v) is 1.81. The SMILES string of the molecule is COc1ccc(OC)c([C@@H]([NH3+])CCCC(=O)[O-])c1. The topological polar surface area (TPSA) is 86.2 Å². The van der Waals surface area contributed by atoms with Gasteiger partial charge in [0, 0.05) is 12.4 Å². The predicted octanol–water partition coefficient (Wildman–Crippen LogP) is -0.0930. The number of ether oxygens (including phenoxy) is 2. The van der Waals surface area contributed by atoms with Crippen LogP contribution in [0, 0.1) is 0 Å². The van der Waals surface area contributed by atoms with Gasteiger partial charge in [-0.25, -0.2) is 0 Å². The maximum atomic E-state index is 10.4. The summed E-state index contributed by atoms with van der Waals surface area (Å²) in [4.78, 5) is 10.4. The Hall–Kier alpha value is -1.75. The number of methoxy groups -OCH3 is 2. The second kappa shape index (κ2) is 6.86. The number of rotatable bonds is 7. The van der Waals surface area contributed by atoms with Crippen LogP contribution in [-0.4, -0.2) is 20.2 Å². The predicted molar refractivity (Wildman–Crippen MR) is 64.0 cm³/mol. The van der Waals surface area contributed by atoms with Gasteiger partial charge in [0.2, 0.25) is 0 Å². The number of hydrogen-bond donors (Lipinski definition) is 1. The van der Waals surface area contributed by atoms with Crippen molar-refractivity contribution in [1.82, 2.24) is 0 Å². The standard InChI is InChI=1S/C13H19NO4/c1-17-9-6-7-12(18-2)10(8-9)11(14)4-3-5-13(15)16/h6-8,11H,3-5,14H2,1-2H3,(H,15,16)/t11-/m0/s1. The number of aliphatic carboxylic acids is 1. The average molecular weight is 253 g/mol. The van der Waals surface area contributed by atoms with E-state index in [4.69, 9.17) is 9.47 Å². The highest BCUT2D eigenvalue weighted by atomic mass is 16.5. The smallest absolute Gasteiger partial charge is 0.128 e. The van der Waals surface area contributed by atoms with Crippen molar-refractivity contribution in [2.24, 2.45) is 0 Å². The van der Waals surface area contributed by atoms with Crippen LogP contribution in [0.15, 0.2) is 18.2 Å². The van der Waals surface area contributed by atoms with Crippen LogP contribution in [0.3, 0.4) is 0 Å². The van der Waals surface area contributed by atoms with E-state index >= 15 is 0 Å².